The summed E-state index contributed by atoms with van der Waals surface area (Å²) in [6.45, 7) is 6.67. The number of piperazine rings is 1. The molecule has 0 radical (unpaired) electrons. The SMILES string of the molecule is Cl.Cl.OCCN1CCN(CCCc2ccc3c(c2)Nc2ccccc2S3)CC1. The normalized spacial score (nSPS) is 16.2. The Morgan fingerprint density at radius 3 is 2.29 bits per heavy atom. The maximum atomic E-state index is 9.03. The van der Waals surface area contributed by atoms with Crippen molar-refractivity contribution in [2.45, 2.75) is 22.6 Å². The topological polar surface area (TPSA) is 38.7 Å². The van der Waals surface area contributed by atoms with Gasteiger partial charge in [-0.25, -0.2) is 0 Å². The lowest BCUT2D eigenvalue weighted by molar-refractivity contribution is 0.112. The number of hydrogen-bond donors (Lipinski definition) is 2. The second kappa shape index (κ2) is 11.3. The lowest BCUT2D eigenvalue weighted by Gasteiger charge is -2.34. The number of aliphatic hydroxyl groups excluding tert-OH is 1. The molecule has 0 bridgehead atoms. The Morgan fingerprint density at radius 2 is 1.54 bits per heavy atom. The summed E-state index contributed by atoms with van der Waals surface area (Å²) in [5, 5.41) is 12.6. The predicted molar refractivity (Wildman–Crippen MR) is 123 cm³/mol. The number of aliphatic hydroxyl groups is 1. The maximum Gasteiger partial charge on any atom is 0.0558 e. The highest BCUT2D eigenvalue weighted by Gasteiger charge is 2.17. The molecule has 1 saturated heterocycles. The van der Waals surface area contributed by atoms with E-state index in [0.717, 1.165) is 45.7 Å². The minimum atomic E-state index is 0. The van der Waals surface area contributed by atoms with Crippen LogP contribution in [0.2, 0.25) is 0 Å². The second-order valence-electron chi connectivity index (χ2n) is 7.06. The average Bonchev–Trinajstić information content (AvgIpc) is 2.68. The number of halogens is 2. The predicted octanol–water partition coefficient (Wildman–Crippen LogP) is 4.28. The molecule has 4 nitrogen and oxygen atoms in total. The van der Waals surface area contributed by atoms with Crippen LogP contribution in [0.5, 0.6) is 0 Å². The van der Waals surface area contributed by atoms with E-state index in [4.69, 9.17) is 5.11 Å². The van der Waals surface area contributed by atoms with Gasteiger partial charge in [0, 0.05) is 42.5 Å². The van der Waals surface area contributed by atoms with Gasteiger partial charge in [-0.3, -0.25) is 4.90 Å². The van der Waals surface area contributed by atoms with Crippen molar-refractivity contribution in [3.05, 3.63) is 48.0 Å². The molecule has 0 spiro atoms. The van der Waals surface area contributed by atoms with Crippen molar-refractivity contribution in [3.63, 3.8) is 0 Å². The van der Waals surface area contributed by atoms with Gasteiger partial charge in [-0.1, -0.05) is 30.0 Å². The third-order valence-corrected chi connectivity index (χ3v) is 6.39. The highest BCUT2D eigenvalue weighted by Crippen LogP contribution is 2.44. The molecule has 0 unspecified atom stereocenters. The zero-order valence-corrected chi connectivity index (χ0v) is 18.4. The quantitative estimate of drug-likeness (QED) is 0.596. The number of β-amino-alcohol motifs (C(OH)–C–C–N with tert-alkyl or cyclic N) is 1. The van der Waals surface area contributed by atoms with Gasteiger partial charge in [-0.05, 0) is 49.2 Å². The van der Waals surface area contributed by atoms with Crippen molar-refractivity contribution in [1.29, 1.82) is 0 Å². The number of fused-ring (bicyclic) bond motifs is 2. The van der Waals surface area contributed by atoms with Gasteiger partial charge in [-0.15, -0.1) is 24.8 Å². The van der Waals surface area contributed by atoms with Gasteiger partial charge in [0.2, 0.25) is 0 Å². The monoisotopic (exact) mass is 441 g/mol. The van der Waals surface area contributed by atoms with Crippen molar-refractivity contribution in [3.8, 4) is 0 Å². The van der Waals surface area contributed by atoms with E-state index in [1.807, 2.05) is 11.8 Å². The van der Waals surface area contributed by atoms with Crippen molar-refractivity contribution in [1.82, 2.24) is 9.80 Å². The molecule has 0 saturated carbocycles. The van der Waals surface area contributed by atoms with Gasteiger partial charge in [0.15, 0.2) is 0 Å². The van der Waals surface area contributed by atoms with Gasteiger partial charge in [0.05, 0.1) is 18.0 Å². The first-order valence-electron chi connectivity index (χ1n) is 9.54. The first-order valence-corrected chi connectivity index (χ1v) is 10.4. The Bertz CT molecular complexity index is 754. The van der Waals surface area contributed by atoms with Crippen LogP contribution in [0.25, 0.3) is 0 Å². The van der Waals surface area contributed by atoms with Gasteiger partial charge in [0.1, 0.15) is 0 Å². The number of hydrogen-bond acceptors (Lipinski definition) is 5. The molecule has 0 aliphatic carbocycles. The van der Waals surface area contributed by atoms with E-state index in [1.165, 1.54) is 33.2 Å². The van der Waals surface area contributed by atoms with Crippen LogP contribution in [-0.4, -0.2) is 60.8 Å². The first kappa shape index (κ1) is 23.3. The Hall–Kier alpha value is -0.950. The fourth-order valence-corrected chi connectivity index (χ4v) is 4.70. The van der Waals surface area contributed by atoms with Crippen LogP contribution in [0.3, 0.4) is 0 Å². The largest absolute Gasteiger partial charge is 0.395 e. The maximum absolute atomic E-state index is 9.03. The zero-order valence-electron chi connectivity index (χ0n) is 16.0. The Labute approximate surface area is 184 Å². The summed E-state index contributed by atoms with van der Waals surface area (Å²) < 4.78 is 0. The van der Waals surface area contributed by atoms with Crippen molar-refractivity contribution in [2.75, 3.05) is 51.2 Å². The van der Waals surface area contributed by atoms with E-state index in [-0.39, 0.29) is 31.4 Å². The van der Waals surface area contributed by atoms with E-state index in [2.05, 4.69) is 57.6 Å². The van der Waals surface area contributed by atoms with Crippen LogP contribution in [-0.2, 0) is 6.42 Å². The molecular formula is C21H29Cl2N3OS. The molecule has 7 heteroatoms. The molecule has 154 valence electrons. The molecule has 2 aromatic carbocycles. The molecule has 28 heavy (non-hydrogen) atoms. The minimum Gasteiger partial charge on any atom is -0.395 e. The van der Waals surface area contributed by atoms with Crippen LogP contribution >= 0.6 is 36.6 Å². The van der Waals surface area contributed by atoms with Crippen LogP contribution in [0.15, 0.2) is 52.3 Å². The highest BCUT2D eigenvalue weighted by atomic mass is 35.5. The molecular weight excluding hydrogens is 413 g/mol. The third kappa shape index (κ3) is 5.78. The fraction of sp³-hybridized carbons (Fsp3) is 0.429. The number of para-hydroxylation sites is 1. The summed E-state index contributed by atoms with van der Waals surface area (Å²) in [7, 11) is 0. The van der Waals surface area contributed by atoms with Crippen molar-refractivity contribution in [2.24, 2.45) is 0 Å². The van der Waals surface area contributed by atoms with E-state index in [0.29, 0.717) is 0 Å². The minimum absolute atomic E-state index is 0. The standard InChI is InChI=1S/C21H27N3OS.2ClH/c25-15-14-24-12-10-23(11-13-24)9-3-4-17-7-8-21-19(16-17)22-18-5-1-2-6-20(18)26-21;;/h1-2,5-8,16,22,25H,3-4,9-15H2;2*1H. The van der Waals surface area contributed by atoms with Crippen LogP contribution in [0.4, 0.5) is 11.4 Å². The van der Waals surface area contributed by atoms with Crippen LogP contribution < -0.4 is 5.32 Å². The zero-order chi connectivity index (χ0) is 17.8. The molecule has 4 rings (SSSR count). The van der Waals surface area contributed by atoms with Gasteiger partial charge < -0.3 is 15.3 Å². The summed E-state index contributed by atoms with van der Waals surface area (Å²) >= 11 is 1.85. The van der Waals surface area contributed by atoms with Gasteiger partial charge in [-0.2, -0.15) is 0 Å². The Kier molecular flexibility index (Phi) is 9.41. The summed E-state index contributed by atoms with van der Waals surface area (Å²) in [5.74, 6) is 0. The Balaban J connectivity index is 0.00000140. The number of nitrogens with one attached hydrogen (secondary N) is 1. The molecule has 2 aromatic rings. The average molecular weight is 442 g/mol. The summed E-state index contributed by atoms with van der Waals surface area (Å²) in [5.41, 5.74) is 3.86. The lowest BCUT2D eigenvalue weighted by Crippen LogP contribution is -2.47. The number of anilines is 2. The molecule has 2 heterocycles. The van der Waals surface area contributed by atoms with E-state index in [9.17, 15) is 0 Å². The third-order valence-electron chi connectivity index (χ3n) is 5.24. The van der Waals surface area contributed by atoms with Crippen LogP contribution in [0, 0.1) is 0 Å². The van der Waals surface area contributed by atoms with Gasteiger partial charge in [0.25, 0.3) is 0 Å². The molecule has 1 fully saturated rings. The summed E-state index contributed by atoms with van der Waals surface area (Å²) in [6.07, 6.45) is 2.32. The second-order valence-corrected chi connectivity index (χ2v) is 8.15. The molecule has 0 aromatic heterocycles. The molecule has 0 atom stereocenters. The van der Waals surface area contributed by atoms with Crippen molar-refractivity contribution >= 4 is 48.0 Å². The van der Waals surface area contributed by atoms with Crippen molar-refractivity contribution < 1.29 is 5.11 Å². The number of aryl methyl sites for hydroxylation is 1. The van der Waals surface area contributed by atoms with E-state index < -0.39 is 0 Å². The van der Waals surface area contributed by atoms with E-state index >= 15 is 0 Å². The van der Waals surface area contributed by atoms with Gasteiger partial charge >= 0.3 is 0 Å². The summed E-state index contributed by atoms with van der Waals surface area (Å²) in [4.78, 5) is 7.51. The number of rotatable bonds is 6. The molecule has 2 N–H and O–H groups in total. The molecule has 0 amide bonds. The smallest absolute Gasteiger partial charge is 0.0558 e. The molecule has 2 aliphatic heterocycles. The molecule has 2 aliphatic rings. The Morgan fingerprint density at radius 1 is 0.857 bits per heavy atom. The lowest BCUT2D eigenvalue weighted by atomic mass is 10.1. The van der Waals surface area contributed by atoms with Crippen LogP contribution in [0.1, 0.15) is 12.0 Å². The fourth-order valence-electron chi connectivity index (χ4n) is 3.73. The number of nitrogens with zero attached hydrogens (tertiary/aromatic N) is 2. The summed E-state index contributed by atoms with van der Waals surface area (Å²) in [6, 6.07) is 15.3. The number of benzene rings is 2. The highest BCUT2D eigenvalue weighted by molar-refractivity contribution is 7.99. The van der Waals surface area contributed by atoms with E-state index in [1.54, 1.807) is 0 Å². The first-order chi connectivity index (χ1) is 12.8.